The van der Waals surface area contributed by atoms with E-state index in [4.69, 9.17) is 20.8 Å². The molecular weight excluding hydrogens is 584 g/mol. The molecule has 0 atom stereocenters. The number of furan rings is 1. The van der Waals surface area contributed by atoms with Crippen LogP contribution in [0.1, 0.15) is 27.6 Å². The molecule has 1 aromatic heterocycles. The molecular formula is C30H21ClN2O8S. The van der Waals surface area contributed by atoms with Crippen LogP contribution in [0.2, 0.25) is 5.02 Å². The first-order valence-electron chi connectivity index (χ1n) is 12.5. The van der Waals surface area contributed by atoms with Crippen LogP contribution in [0.4, 0.5) is 11.4 Å². The molecule has 0 saturated carbocycles. The molecule has 10 nitrogen and oxygen atoms in total. The molecule has 212 valence electrons. The normalized spacial score (nSPS) is 11.3. The summed E-state index contributed by atoms with van der Waals surface area (Å²) in [5.41, 5.74) is 0.0899. The van der Waals surface area contributed by atoms with Crippen LogP contribution < -0.4 is 4.31 Å². The number of nitro groups is 1. The van der Waals surface area contributed by atoms with Gasteiger partial charge in [-0.25, -0.2) is 13.2 Å². The SMILES string of the molecule is CCOC(=O)c1c(-c2ccccc2)oc2ccc(N(C(=O)c3cccc([N+](=O)[O-])c3)S(=O)(=O)c3ccc(Cl)cc3)cc12. The van der Waals surface area contributed by atoms with Crippen molar-refractivity contribution in [2.24, 2.45) is 0 Å². The molecule has 0 unspecified atom stereocenters. The van der Waals surface area contributed by atoms with Crippen molar-refractivity contribution in [1.29, 1.82) is 0 Å². The average molecular weight is 605 g/mol. The lowest BCUT2D eigenvalue weighted by Gasteiger charge is -2.23. The Bertz CT molecular complexity index is 1940. The number of hydrogen-bond acceptors (Lipinski definition) is 8. The monoisotopic (exact) mass is 604 g/mol. The zero-order valence-electron chi connectivity index (χ0n) is 21.9. The largest absolute Gasteiger partial charge is 0.462 e. The van der Waals surface area contributed by atoms with Gasteiger partial charge >= 0.3 is 5.97 Å². The fraction of sp³-hybridized carbons (Fsp3) is 0.0667. The number of sulfonamides is 1. The Hall–Kier alpha value is -5.00. The van der Waals surface area contributed by atoms with E-state index in [1.54, 1.807) is 37.3 Å². The number of nitrogens with zero attached hydrogens (tertiary/aromatic N) is 2. The Balaban J connectivity index is 1.75. The van der Waals surface area contributed by atoms with Crippen LogP contribution in [0.3, 0.4) is 0 Å². The number of carbonyl (C=O) groups excluding carboxylic acids is 2. The van der Waals surface area contributed by atoms with Crippen LogP contribution in [0, 0.1) is 10.1 Å². The van der Waals surface area contributed by atoms with E-state index in [1.165, 1.54) is 60.7 Å². The van der Waals surface area contributed by atoms with Crippen LogP contribution in [0.15, 0.2) is 106 Å². The number of hydrogen-bond donors (Lipinski definition) is 0. The number of ether oxygens (including phenoxy) is 1. The Morgan fingerprint density at radius 2 is 1.67 bits per heavy atom. The summed E-state index contributed by atoms with van der Waals surface area (Å²) >= 11 is 5.96. The van der Waals surface area contributed by atoms with Gasteiger partial charge in [0.25, 0.3) is 21.6 Å². The number of non-ortho nitro benzene ring substituents is 1. The minimum Gasteiger partial charge on any atom is -0.462 e. The molecule has 1 amide bonds. The summed E-state index contributed by atoms with van der Waals surface area (Å²) in [6, 6.07) is 22.8. The highest BCUT2D eigenvalue weighted by atomic mass is 35.5. The predicted octanol–water partition coefficient (Wildman–Crippen LogP) is 6.87. The summed E-state index contributed by atoms with van der Waals surface area (Å²) in [5.74, 6) is -1.56. The molecule has 5 rings (SSSR count). The van der Waals surface area contributed by atoms with E-state index >= 15 is 0 Å². The van der Waals surface area contributed by atoms with Gasteiger partial charge in [0, 0.05) is 33.7 Å². The summed E-state index contributed by atoms with van der Waals surface area (Å²) in [4.78, 5) is 37.5. The summed E-state index contributed by atoms with van der Waals surface area (Å²) < 4.78 is 39.8. The van der Waals surface area contributed by atoms with Gasteiger partial charge in [-0.05, 0) is 55.5 Å². The van der Waals surface area contributed by atoms with Crippen molar-refractivity contribution in [3.05, 3.63) is 123 Å². The van der Waals surface area contributed by atoms with E-state index in [1.807, 2.05) is 0 Å². The van der Waals surface area contributed by atoms with Gasteiger partial charge in [0.1, 0.15) is 16.9 Å². The topological polar surface area (TPSA) is 137 Å². The Kier molecular flexibility index (Phi) is 7.79. The molecule has 12 heteroatoms. The van der Waals surface area contributed by atoms with Gasteiger partial charge in [0.15, 0.2) is 0 Å². The molecule has 0 bridgehead atoms. The second kappa shape index (κ2) is 11.5. The number of halogens is 1. The highest BCUT2D eigenvalue weighted by molar-refractivity contribution is 7.93. The number of esters is 1. The van der Waals surface area contributed by atoms with Crippen molar-refractivity contribution in [3.8, 4) is 11.3 Å². The Morgan fingerprint density at radius 3 is 2.33 bits per heavy atom. The highest BCUT2D eigenvalue weighted by Crippen LogP contribution is 2.38. The standard InChI is InChI=1S/C30H21ClN2O8S/c1-2-40-30(35)27-25-18-22(13-16-26(25)41-28(27)19-7-4-3-5-8-19)32(42(38,39)24-14-11-21(31)12-15-24)29(34)20-9-6-10-23(17-20)33(36)37/h3-18H,2H2,1H3. The third-order valence-corrected chi connectivity index (χ3v) is 8.24. The van der Waals surface area contributed by atoms with Crippen molar-refractivity contribution < 1.29 is 32.1 Å². The second-order valence-electron chi connectivity index (χ2n) is 8.91. The van der Waals surface area contributed by atoms with Gasteiger partial charge < -0.3 is 9.15 Å². The third kappa shape index (κ3) is 5.35. The van der Waals surface area contributed by atoms with Crippen LogP contribution in [-0.2, 0) is 14.8 Å². The van der Waals surface area contributed by atoms with E-state index in [9.17, 15) is 28.1 Å². The Labute approximate surface area is 244 Å². The number of nitro benzene ring substituents is 1. The third-order valence-electron chi connectivity index (χ3n) is 6.26. The maximum atomic E-state index is 14.0. The predicted molar refractivity (Wildman–Crippen MR) is 156 cm³/mol. The number of anilines is 1. The van der Waals surface area contributed by atoms with Crippen molar-refractivity contribution in [3.63, 3.8) is 0 Å². The number of fused-ring (bicyclic) bond motifs is 1. The molecule has 0 fully saturated rings. The van der Waals surface area contributed by atoms with E-state index in [0.717, 1.165) is 6.07 Å². The lowest BCUT2D eigenvalue weighted by atomic mass is 10.1. The lowest BCUT2D eigenvalue weighted by molar-refractivity contribution is -0.384. The fourth-order valence-corrected chi connectivity index (χ4v) is 5.89. The number of carbonyl (C=O) groups is 2. The molecule has 0 saturated heterocycles. The molecule has 0 spiro atoms. The zero-order valence-corrected chi connectivity index (χ0v) is 23.5. The second-order valence-corrected chi connectivity index (χ2v) is 11.1. The Morgan fingerprint density at radius 1 is 0.952 bits per heavy atom. The van der Waals surface area contributed by atoms with Gasteiger partial charge in [0.2, 0.25) is 0 Å². The lowest BCUT2D eigenvalue weighted by Crippen LogP contribution is -2.37. The van der Waals surface area contributed by atoms with Crippen LogP contribution in [0.5, 0.6) is 0 Å². The quantitative estimate of drug-likeness (QED) is 0.106. The van der Waals surface area contributed by atoms with Crippen molar-refractivity contribution in [2.45, 2.75) is 11.8 Å². The minimum atomic E-state index is -4.60. The smallest absolute Gasteiger partial charge is 0.342 e. The van der Waals surface area contributed by atoms with Gasteiger partial charge in [-0.3, -0.25) is 14.9 Å². The van der Waals surface area contributed by atoms with Gasteiger partial charge in [0.05, 0.1) is 22.1 Å². The van der Waals surface area contributed by atoms with Gasteiger partial charge in [-0.15, -0.1) is 0 Å². The highest BCUT2D eigenvalue weighted by Gasteiger charge is 2.34. The minimum absolute atomic E-state index is 0.0477. The van der Waals surface area contributed by atoms with E-state index in [2.05, 4.69) is 0 Å². The summed E-state index contributed by atoms with van der Waals surface area (Å²) in [5, 5.41) is 11.9. The van der Waals surface area contributed by atoms with Crippen LogP contribution in [-0.4, -0.2) is 31.8 Å². The molecule has 0 aliphatic carbocycles. The number of benzene rings is 4. The summed E-state index contributed by atoms with van der Waals surface area (Å²) in [7, 11) is -4.60. The van der Waals surface area contributed by atoms with Crippen LogP contribution in [0.25, 0.3) is 22.3 Å². The molecule has 0 aliphatic heterocycles. The summed E-state index contributed by atoms with van der Waals surface area (Å²) in [6.07, 6.45) is 0. The average Bonchev–Trinajstić information content (AvgIpc) is 3.37. The molecule has 0 N–H and O–H groups in total. The van der Waals surface area contributed by atoms with Gasteiger partial charge in [-0.1, -0.05) is 48.0 Å². The first kappa shape index (κ1) is 28.5. The first-order chi connectivity index (χ1) is 20.1. The molecule has 0 aliphatic rings. The first-order valence-corrected chi connectivity index (χ1v) is 14.3. The molecule has 1 heterocycles. The fourth-order valence-electron chi connectivity index (χ4n) is 4.36. The van der Waals surface area contributed by atoms with E-state index in [-0.39, 0.29) is 50.1 Å². The molecule has 4 aromatic carbocycles. The zero-order chi connectivity index (χ0) is 30.0. The van der Waals surface area contributed by atoms with E-state index in [0.29, 0.717) is 9.87 Å². The van der Waals surface area contributed by atoms with E-state index < -0.39 is 32.5 Å². The van der Waals surface area contributed by atoms with Gasteiger partial charge in [-0.2, -0.15) is 4.31 Å². The molecule has 0 radical (unpaired) electrons. The maximum absolute atomic E-state index is 14.0. The number of amides is 1. The maximum Gasteiger partial charge on any atom is 0.342 e. The molecule has 42 heavy (non-hydrogen) atoms. The van der Waals surface area contributed by atoms with Crippen LogP contribution >= 0.6 is 11.6 Å². The summed E-state index contributed by atoms with van der Waals surface area (Å²) in [6.45, 7) is 1.72. The number of rotatable bonds is 8. The molecule has 5 aromatic rings. The van der Waals surface area contributed by atoms with Crippen molar-refractivity contribution in [1.82, 2.24) is 0 Å². The van der Waals surface area contributed by atoms with Crippen molar-refractivity contribution >= 4 is 55.8 Å². The van der Waals surface area contributed by atoms with Crippen molar-refractivity contribution in [2.75, 3.05) is 10.9 Å².